The van der Waals surface area contributed by atoms with E-state index in [-0.39, 0.29) is 19.1 Å². The number of allylic oxidation sites excluding steroid dienone is 16. The van der Waals surface area contributed by atoms with Gasteiger partial charge >= 0.3 is 7.82 Å². The molecule has 8 nitrogen and oxygen atoms in total. The summed E-state index contributed by atoms with van der Waals surface area (Å²) < 4.78 is 23.7. The number of phosphoric ester groups is 1. The minimum absolute atomic E-state index is 0.0719. The first-order valence-electron chi connectivity index (χ1n) is 30.1. The molecule has 0 aliphatic rings. The van der Waals surface area contributed by atoms with Crippen molar-refractivity contribution in [2.45, 2.75) is 264 Å². The van der Waals surface area contributed by atoms with Crippen molar-refractivity contribution in [1.82, 2.24) is 5.32 Å². The molecule has 3 N–H and O–H groups in total. The number of aliphatic hydroxyl groups is 1. The summed E-state index contributed by atoms with van der Waals surface area (Å²) in [6.07, 6.45) is 77.6. The highest BCUT2D eigenvalue weighted by atomic mass is 31.2. The number of nitrogens with one attached hydrogen (secondary N) is 1. The van der Waals surface area contributed by atoms with Crippen molar-refractivity contribution < 1.29 is 32.9 Å². The fourth-order valence-electron chi connectivity index (χ4n) is 8.42. The van der Waals surface area contributed by atoms with Crippen LogP contribution in [0.2, 0.25) is 0 Å². The number of aliphatic hydroxyl groups excluding tert-OH is 1. The summed E-state index contributed by atoms with van der Waals surface area (Å²) >= 11 is 0. The lowest BCUT2D eigenvalue weighted by atomic mass is 10.0. The molecule has 0 saturated heterocycles. The van der Waals surface area contributed by atoms with E-state index in [0.717, 1.165) is 89.9 Å². The molecular weight excluding hydrogens is 924 g/mol. The third kappa shape index (κ3) is 57.0. The Hall–Kier alpha value is -2.58. The van der Waals surface area contributed by atoms with Gasteiger partial charge < -0.3 is 19.8 Å². The van der Waals surface area contributed by atoms with E-state index in [2.05, 4.69) is 116 Å². The highest BCUT2D eigenvalue weighted by Gasteiger charge is 2.28. The van der Waals surface area contributed by atoms with Crippen molar-refractivity contribution in [2.75, 3.05) is 40.9 Å². The van der Waals surface area contributed by atoms with E-state index in [1.54, 1.807) is 0 Å². The van der Waals surface area contributed by atoms with Gasteiger partial charge in [-0.1, -0.05) is 265 Å². The molecule has 0 spiro atoms. The van der Waals surface area contributed by atoms with Gasteiger partial charge in [0.15, 0.2) is 0 Å². The van der Waals surface area contributed by atoms with Gasteiger partial charge in [-0.2, -0.15) is 0 Å². The SMILES string of the molecule is CC/C=C\C/C=C\C/C=C\C/C=C\C/C=C\C/C=C\C/C=C\C/C=C\CCCCCCCCCCCCCCCCC(=O)NC(COP(=O)(O)OCC[N+](C)(C)C)C(O)CCCCCCCCCCCCCC. The number of rotatable bonds is 54. The molecule has 0 saturated carbocycles. The summed E-state index contributed by atoms with van der Waals surface area (Å²) in [7, 11) is 1.61. The van der Waals surface area contributed by atoms with Crippen molar-refractivity contribution in [3.8, 4) is 0 Å². The summed E-state index contributed by atoms with van der Waals surface area (Å²) in [4.78, 5) is 23.3. The van der Waals surface area contributed by atoms with Crippen LogP contribution in [0.5, 0.6) is 0 Å². The average molecular weight is 1040 g/mol. The Balaban J connectivity index is 3.98. The number of amides is 1. The van der Waals surface area contributed by atoms with Crippen LogP contribution in [-0.2, 0) is 18.4 Å². The summed E-state index contributed by atoms with van der Waals surface area (Å²) in [5, 5.41) is 14.0. The zero-order valence-corrected chi connectivity index (χ0v) is 49.0. The molecule has 0 rings (SSSR count). The van der Waals surface area contributed by atoms with Crippen LogP contribution in [-0.4, -0.2) is 73.4 Å². The third-order valence-electron chi connectivity index (χ3n) is 13.1. The topological polar surface area (TPSA) is 105 Å². The Bertz CT molecular complexity index is 1510. The van der Waals surface area contributed by atoms with Crippen LogP contribution in [0.3, 0.4) is 0 Å². The summed E-state index contributed by atoms with van der Waals surface area (Å²) in [6, 6.07) is -0.764. The molecule has 9 heteroatoms. The molecule has 422 valence electrons. The highest BCUT2D eigenvalue weighted by molar-refractivity contribution is 7.47. The second-order valence-corrected chi connectivity index (χ2v) is 22.8. The molecule has 0 fully saturated rings. The van der Waals surface area contributed by atoms with Gasteiger partial charge in [0.1, 0.15) is 13.2 Å². The van der Waals surface area contributed by atoms with Gasteiger partial charge in [-0.3, -0.25) is 13.8 Å². The number of quaternary nitrogens is 1. The molecule has 1 amide bonds. The van der Waals surface area contributed by atoms with E-state index in [4.69, 9.17) is 9.05 Å². The van der Waals surface area contributed by atoms with Gasteiger partial charge in [-0.05, 0) is 77.0 Å². The molecule has 3 atom stereocenters. The Morgan fingerprint density at radius 3 is 1.21 bits per heavy atom. The van der Waals surface area contributed by atoms with Crippen molar-refractivity contribution in [3.63, 3.8) is 0 Å². The maximum atomic E-state index is 13.0. The van der Waals surface area contributed by atoms with E-state index in [0.29, 0.717) is 23.9 Å². The minimum Gasteiger partial charge on any atom is -0.391 e. The first-order valence-corrected chi connectivity index (χ1v) is 31.6. The highest BCUT2D eigenvalue weighted by Crippen LogP contribution is 2.43. The molecule has 3 unspecified atom stereocenters. The molecule has 0 aromatic carbocycles. The van der Waals surface area contributed by atoms with Gasteiger partial charge in [-0.25, -0.2) is 4.57 Å². The van der Waals surface area contributed by atoms with Gasteiger partial charge in [0.05, 0.1) is 39.9 Å². The molecule has 0 aromatic rings. The minimum atomic E-state index is -4.32. The normalized spacial score (nSPS) is 14.6. The van der Waals surface area contributed by atoms with E-state index >= 15 is 0 Å². The third-order valence-corrected chi connectivity index (χ3v) is 14.1. The summed E-state index contributed by atoms with van der Waals surface area (Å²) in [5.74, 6) is -0.148. The Kier molecular flexibility index (Phi) is 52.3. The number of carbonyl (C=O) groups is 1. The first kappa shape index (κ1) is 70.4. The van der Waals surface area contributed by atoms with Crippen molar-refractivity contribution in [2.24, 2.45) is 0 Å². The number of nitrogens with zero attached hydrogens (tertiary/aromatic N) is 1. The lowest BCUT2D eigenvalue weighted by molar-refractivity contribution is -0.870. The largest absolute Gasteiger partial charge is 0.472 e. The van der Waals surface area contributed by atoms with Gasteiger partial charge in [0.25, 0.3) is 0 Å². The molecule has 73 heavy (non-hydrogen) atoms. The van der Waals surface area contributed by atoms with Crippen LogP contribution in [0.4, 0.5) is 0 Å². The van der Waals surface area contributed by atoms with E-state index < -0.39 is 20.0 Å². The molecule has 0 aromatic heterocycles. The van der Waals surface area contributed by atoms with Crippen LogP contribution in [0, 0.1) is 0 Å². The maximum absolute atomic E-state index is 13.0. The van der Waals surface area contributed by atoms with Crippen LogP contribution >= 0.6 is 7.82 Å². The smallest absolute Gasteiger partial charge is 0.391 e. The number of carbonyl (C=O) groups excluding carboxylic acids is 1. The van der Waals surface area contributed by atoms with Gasteiger partial charge in [0, 0.05) is 6.42 Å². The van der Waals surface area contributed by atoms with Crippen molar-refractivity contribution in [1.29, 1.82) is 0 Å². The van der Waals surface area contributed by atoms with Gasteiger partial charge in [-0.15, -0.1) is 0 Å². The van der Waals surface area contributed by atoms with Crippen LogP contribution < -0.4 is 5.32 Å². The lowest BCUT2D eigenvalue weighted by Crippen LogP contribution is -2.46. The maximum Gasteiger partial charge on any atom is 0.472 e. The molecule has 0 aliphatic heterocycles. The van der Waals surface area contributed by atoms with Crippen LogP contribution in [0.1, 0.15) is 251 Å². The first-order chi connectivity index (χ1) is 35.5. The Morgan fingerprint density at radius 2 is 0.822 bits per heavy atom. The van der Waals surface area contributed by atoms with E-state index in [9.17, 15) is 19.4 Å². The second-order valence-electron chi connectivity index (χ2n) is 21.3. The number of hydrogen-bond acceptors (Lipinski definition) is 5. The monoisotopic (exact) mass is 1040 g/mol. The zero-order valence-electron chi connectivity index (χ0n) is 48.1. The second kappa shape index (κ2) is 54.2. The molecule has 0 bridgehead atoms. The zero-order chi connectivity index (χ0) is 53.5. The summed E-state index contributed by atoms with van der Waals surface area (Å²) in [6.45, 7) is 4.77. The number of hydrogen-bond donors (Lipinski definition) is 3. The Morgan fingerprint density at radius 1 is 0.479 bits per heavy atom. The number of phosphoric acid groups is 1. The predicted octanol–water partition coefficient (Wildman–Crippen LogP) is 18.6. The number of unbranched alkanes of at least 4 members (excludes halogenated alkanes) is 25. The molecular formula is C64H116N2O6P+. The van der Waals surface area contributed by atoms with Crippen LogP contribution in [0.15, 0.2) is 97.2 Å². The lowest BCUT2D eigenvalue weighted by Gasteiger charge is -2.26. The molecule has 0 aliphatic carbocycles. The van der Waals surface area contributed by atoms with Crippen molar-refractivity contribution >= 4 is 13.7 Å². The Labute approximate surface area is 451 Å². The van der Waals surface area contributed by atoms with E-state index in [1.165, 1.54) is 135 Å². The standard InChI is InChI=1S/C64H115N2O6P/c1-6-8-10-12-14-16-18-20-21-22-23-24-25-26-27-28-29-30-31-32-33-34-35-36-37-38-39-40-41-42-43-44-45-46-48-50-52-54-56-58-64(68)65-62(61-72-73(69,70)71-60-59-66(3,4)5)63(67)57-55-53-51-49-47-19-17-15-13-11-9-7-2/h8,10,14,16,20-21,23-24,26-27,29-30,32-33,35-36,62-63,67H,6-7,9,11-13,15,17-19,22,25,28,31,34,37-61H2,1-5H3,(H-,65,68,69,70)/p+1/b10-8-,16-14-,21-20-,24-23-,27-26-,30-29-,33-32-,36-35-. The van der Waals surface area contributed by atoms with E-state index in [1.807, 2.05) is 21.1 Å². The van der Waals surface area contributed by atoms with Gasteiger partial charge in [0.2, 0.25) is 5.91 Å². The summed E-state index contributed by atoms with van der Waals surface area (Å²) in [5.41, 5.74) is 0. The predicted molar refractivity (Wildman–Crippen MR) is 318 cm³/mol. The average Bonchev–Trinajstić information content (AvgIpc) is 3.35. The fourth-order valence-corrected chi connectivity index (χ4v) is 9.15. The molecule has 0 heterocycles. The quantitative estimate of drug-likeness (QED) is 0.0243. The molecule has 0 radical (unpaired) electrons. The number of likely N-dealkylation sites (N-methyl/N-ethyl adjacent to an activating group) is 1. The fraction of sp³-hybridized carbons (Fsp3) is 0.734. The van der Waals surface area contributed by atoms with Crippen LogP contribution in [0.25, 0.3) is 0 Å². The van der Waals surface area contributed by atoms with Crippen molar-refractivity contribution in [3.05, 3.63) is 97.2 Å².